The largest absolute Gasteiger partial charge is 0.377 e. The van der Waals surface area contributed by atoms with E-state index in [0.717, 1.165) is 19.4 Å². The second kappa shape index (κ2) is 8.93. The summed E-state index contributed by atoms with van der Waals surface area (Å²) in [4.78, 5) is 0. The predicted molar refractivity (Wildman–Crippen MR) is 79.6 cm³/mol. The van der Waals surface area contributed by atoms with Crippen LogP contribution in [0.15, 0.2) is 24.3 Å². The van der Waals surface area contributed by atoms with Crippen molar-refractivity contribution in [2.24, 2.45) is 0 Å². The highest BCUT2D eigenvalue weighted by atomic mass is 16.5. The van der Waals surface area contributed by atoms with Crippen molar-refractivity contribution in [3.8, 4) is 0 Å². The number of hydrogen-bond acceptors (Lipinski definition) is 1. The third kappa shape index (κ3) is 6.02. The number of hydrogen-bond donors (Lipinski definition) is 0. The fourth-order valence-corrected chi connectivity index (χ4v) is 1.82. The smallest absolute Gasteiger partial charge is 0.0650 e. The molecular weight excluding hydrogens is 220 g/mol. The maximum atomic E-state index is 5.56. The van der Waals surface area contributed by atoms with Crippen molar-refractivity contribution < 1.29 is 4.74 Å². The van der Waals surface area contributed by atoms with Gasteiger partial charge in [0.1, 0.15) is 0 Å². The SMILES string of the molecule is [CH2]CCCCCOCC=Cc1cc(C)ccc1C. The summed E-state index contributed by atoms with van der Waals surface area (Å²) >= 11 is 0. The lowest BCUT2D eigenvalue weighted by atomic mass is 10.1. The molecule has 1 heteroatoms. The summed E-state index contributed by atoms with van der Waals surface area (Å²) in [6, 6.07) is 6.51. The highest BCUT2D eigenvalue weighted by Gasteiger charge is 1.93. The third-order valence-electron chi connectivity index (χ3n) is 2.98. The summed E-state index contributed by atoms with van der Waals surface area (Å²) in [5.41, 5.74) is 3.90. The highest BCUT2D eigenvalue weighted by molar-refractivity contribution is 5.54. The van der Waals surface area contributed by atoms with E-state index in [1.165, 1.54) is 29.5 Å². The van der Waals surface area contributed by atoms with Crippen molar-refractivity contribution in [1.29, 1.82) is 0 Å². The molecule has 0 aliphatic rings. The van der Waals surface area contributed by atoms with Gasteiger partial charge in [-0.15, -0.1) is 0 Å². The van der Waals surface area contributed by atoms with Crippen LogP contribution >= 0.6 is 0 Å². The van der Waals surface area contributed by atoms with Gasteiger partial charge in [0, 0.05) is 6.61 Å². The maximum Gasteiger partial charge on any atom is 0.0650 e. The highest BCUT2D eigenvalue weighted by Crippen LogP contribution is 2.12. The van der Waals surface area contributed by atoms with Crippen LogP contribution in [0, 0.1) is 20.8 Å². The molecule has 0 aromatic heterocycles. The number of unbranched alkanes of at least 4 members (excludes halogenated alkanes) is 3. The van der Waals surface area contributed by atoms with Crippen molar-refractivity contribution in [3.05, 3.63) is 47.9 Å². The van der Waals surface area contributed by atoms with Crippen molar-refractivity contribution in [2.75, 3.05) is 13.2 Å². The Morgan fingerprint density at radius 3 is 2.78 bits per heavy atom. The molecule has 0 amide bonds. The van der Waals surface area contributed by atoms with E-state index in [-0.39, 0.29) is 0 Å². The molecule has 99 valence electrons. The van der Waals surface area contributed by atoms with Crippen LogP contribution < -0.4 is 0 Å². The molecule has 1 nitrogen and oxygen atoms in total. The zero-order valence-corrected chi connectivity index (χ0v) is 11.7. The standard InChI is InChI=1S/C17H25O/c1-4-5-6-7-12-18-13-8-9-17-14-15(2)10-11-16(17)3/h8-11,14H,1,4-7,12-13H2,2-3H3. The monoisotopic (exact) mass is 245 g/mol. The lowest BCUT2D eigenvalue weighted by molar-refractivity contribution is 0.158. The van der Waals surface area contributed by atoms with Gasteiger partial charge in [-0.05, 0) is 31.4 Å². The molecule has 0 unspecified atom stereocenters. The van der Waals surface area contributed by atoms with Gasteiger partial charge in [0.05, 0.1) is 6.61 Å². The molecular formula is C17H25O. The van der Waals surface area contributed by atoms with Gasteiger partial charge >= 0.3 is 0 Å². The van der Waals surface area contributed by atoms with Crippen LogP contribution in [0.2, 0.25) is 0 Å². The van der Waals surface area contributed by atoms with Gasteiger partial charge in [-0.2, -0.15) is 0 Å². The molecule has 18 heavy (non-hydrogen) atoms. The van der Waals surface area contributed by atoms with E-state index in [1.54, 1.807) is 0 Å². The summed E-state index contributed by atoms with van der Waals surface area (Å²) < 4.78 is 5.56. The molecule has 0 aliphatic heterocycles. The Labute approximate surface area is 112 Å². The van der Waals surface area contributed by atoms with Crippen molar-refractivity contribution in [3.63, 3.8) is 0 Å². The molecule has 0 heterocycles. The number of ether oxygens (including phenoxy) is 1. The van der Waals surface area contributed by atoms with E-state index in [2.05, 4.69) is 51.1 Å². The Bertz CT molecular complexity index is 366. The first-order chi connectivity index (χ1) is 8.74. The molecule has 1 rings (SSSR count). The van der Waals surface area contributed by atoms with Crippen molar-refractivity contribution >= 4 is 6.08 Å². The van der Waals surface area contributed by atoms with E-state index in [1.807, 2.05) is 0 Å². The third-order valence-corrected chi connectivity index (χ3v) is 2.98. The average Bonchev–Trinajstić information content (AvgIpc) is 2.36. The second-order valence-corrected chi connectivity index (χ2v) is 4.75. The van der Waals surface area contributed by atoms with Crippen LogP contribution in [-0.4, -0.2) is 13.2 Å². The average molecular weight is 245 g/mol. The van der Waals surface area contributed by atoms with E-state index >= 15 is 0 Å². The maximum absolute atomic E-state index is 5.56. The summed E-state index contributed by atoms with van der Waals surface area (Å²) in [5.74, 6) is 0. The Kier molecular flexibility index (Phi) is 7.43. The normalized spacial score (nSPS) is 11.3. The molecule has 0 saturated carbocycles. The van der Waals surface area contributed by atoms with Crippen LogP contribution in [0.3, 0.4) is 0 Å². The molecule has 1 aromatic rings. The lowest BCUT2D eigenvalue weighted by Gasteiger charge is -2.03. The Morgan fingerprint density at radius 1 is 1.17 bits per heavy atom. The van der Waals surface area contributed by atoms with Gasteiger partial charge in [-0.1, -0.05) is 62.1 Å². The fraction of sp³-hybridized carbons (Fsp3) is 0.471. The topological polar surface area (TPSA) is 9.23 Å². The first-order valence-electron chi connectivity index (χ1n) is 6.85. The van der Waals surface area contributed by atoms with E-state index < -0.39 is 0 Å². The number of rotatable bonds is 8. The van der Waals surface area contributed by atoms with Gasteiger partial charge in [-0.25, -0.2) is 0 Å². The van der Waals surface area contributed by atoms with Gasteiger partial charge in [-0.3, -0.25) is 0 Å². The van der Waals surface area contributed by atoms with Crippen LogP contribution in [0.25, 0.3) is 6.08 Å². The molecule has 1 aromatic carbocycles. The minimum Gasteiger partial charge on any atom is -0.377 e. The lowest BCUT2D eigenvalue weighted by Crippen LogP contribution is -1.94. The molecule has 1 radical (unpaired) electrons. The van der Waals surface area contributed by atoms with Crippen LogP contribution in [0.1, 0.15) is 42.4 Å². The number of aryl methyl sites for hydroxylation is 2. The zero-order valence-electron chi connectivity index (χ0n) is 11.7. The minimum absolute atomic E-state index is 0.706. The van der Waals surface area contributed by atoms with Gasteiger partial charge in [0.2, 0.25) is 0 Å². The minimum atomic E-state index is 0.706. The van der Waals surface area contributed by atoms with E-state index in [0.29, 0.717) is 6.61 Å². The van der Waals surface area contributed by atoms with Crippen LogP contribution in [0.4, 0.5) is 0 Å². The first-order valence-corrected chi connectivity index (χ1v) is 6.85. The summed E-state index contributed by atoms with van der Waals surface area (Å²) in [6.45, 7) is 9.65. The molecule has 0 fully saturated rings. The Hall–Kier alpha value is -1.08. The van der Waals surface area contributed by atoms with E-state index in [4.69, 9.17) is 4.74 Å². The molecule has 0 aliphatic carbocycles. The molecule has 0 saturated heterocycles. The van der Waals surface area contributed by atoms with Gasteiger partial charge < -0.3 is 4.74 Å². The summed E-state index contributed by atoms with van der Waals surface area (Å²) in [7, 11) is 0. The van der Waals surface area contributed by atoms with Crippen LogP contribution in [0.5, 0.6) is 0 Å². The van der Waals surface area contributed by atoms with Crippen molar-refractivity contribution in [1.82, 2.24) is 0 Å². The number of benzene rings is 1. The summed E-state index contributed by atoms with van der Waals surface area (Å²) in [6.07, 6.45) is 8.87. The summed E-state index contributed by atoms with van der Waals surface area (Å²) in [5, 5.41) is 0. The second-order valence-electron chi connectivity index (χ2n) is 4.75. The predicted octanol–water partition coefficient (Wildman–Crippen LogP) is 4.73. The quantitative estimate of drug-likeness (QED) is 0.602. The van der Waals surface area contributed by atoms with Gasteiger partial charge in [0.15, 0.2) is 0 Å². The molecule has 0 N–H and O–H groups in total. The molecule has 0 spiro atoms. The zero-order chi connectivity index (χ0) is 13.2. The van der Waals surface area contributed by atoms with E-state index in [9.17, 15) is 0 Å². The van der Waals surface area contributed by atoms with Gasteiger partial charge in [0.25, 0.3) is 0 Å². The Morgan fingerprint density at radius 2 is 2.00 bits per heavy atom. The van der Waals surface area contributed by atoms with Crippen LogP contribution in [-0.2, 0) is 4.74 Å². The first kappa shape index (κ1) is 15.0. The fourth-order valence-electron chi connectivity index (χ4n) is 1.82. The molecule has 0 bridgehead atoms. The molecule has 0 atom stereocenters. The Balaban J connectivity index is 2.22. The van der Waals surface area contributed by atoms with Crippen molar-refractivity contribution in [2.45, 2.75) is 39.5 Å².